The molecule has 0 spiro atoms. The second-order valence-electron chi connectivity index (χ2n) is 3.94. The largest absolute Gasteiger partial charge is 0.375 e. The van der Waals surface area contributed by atoms with Crippen LogP contribution in [-0.4, -0.2) is 17.0 Å². The van der Waals surface area contributed by atoms with Gasteiger partial charge in [-0.15, -0.1) is 0 Å². The van der Waals surface area contributed by atoms with E-state index in [0.717, 1.165) is 21.9 Å². The van der Waals surface area contributed by atoms with Crippen molar-refractivity contribution in [2.75, 3.05) is 17.7 Å². The highest BCUT2D eigenvalue weighted by Gasteiger charge is 2.08. The van der Waals surface area contributed by atoms with Gasteiger partial charge in [0.05, 0.1) is 0 Å². The lowest BCUT2D eigenvalue weighted by atomic mass is 10.3. The molecule has 0 saturated carbocycles. The van der Waals surface area contributed by atoms with Gasteiger partial charge in [0.25, 0.3) is 0 Å². The number of benzene rings is 1. The zero-order chi connectivity index (χ0) is 12.5. The van der Waals surface area contributed by atoms with Crippen LogP contribution in [0.4, 0.5) is 16.6 Å². The normalized spacial score (nSPS) is 10.7. The van der Waals surface area contributed by atoms with Crippen LogP contribution >= 0.6 is 11.3 Å². The van der Waals surface area contributed by atoms with E-state index in [1.807, 2.05) is 54.4 Å². The van der Waals surface area contributed by atoms with E-state index in [2.05, 4.69) is 9.97 Å². The Labute approximate surface area is 109 Å². The molecule has 4 nitrogen and oxygen atoms in total. The molecular formula is C13H12N4S. The van der Waals surface area contributed by atoms with Crippen LogP contribution in [-0.2, 0) is 0 Å². The minimum absolute atomic E-state index is 0.553. The first kappa shape index (κ1) is 11.0. The molecule has 0 unspecified atom stereocenters. The Kier molecular flexibility index (Phi) is 2.60. The summed E-state index contributed by atoms with van der Waals surface area (Å²) in [5.41, 5.74) is 7.63. The van der Waals surface area contributed by atoms with Crippen LogP contribution in [0.1, 0.15) is 0 Å². The number of anilines is 3. The van der Waals surface area contributed by atoms with Gasteiger partial charge >= 0.3 is 0 Å². The number of aromatic nitrogens is 2. The van der Waals surface area contributed by atoms with E-state index in [9.17, 15) is 0 Å². The van der Waals surface area contributed by atoms with E-state index in [0.29, 0.717) is 5.13 Å². The third kappa shape index (κ3) is 1.89. The molecule has 0 aliphatic heterocycles. The minimum atomic E-state index is 0.553. The molecule has 1 aromatic carbocycles. The van der Waals surface area contributed by atoms with Crippen molar-refractivity contribution in [1.29, 1.82) is 0 Å². The van der Waals surface area contributed by atoms with Gasteiger partial charge in [0.1, 0.15) is 16.2 Å². The lowest BCUT2D eigenvalue weighted by molar-refractivity contribution is 1.15. The number of hydrogen-bond donors (Lipinski definition) is 1. The highest BCUT2D eigenvalue weighted by molar-refractivity contribution is 7.21. The second-order valence-corrected chi connectivity index (χ2v) is 4.95. The summed E-state index contributed by atoms with van der Waals surface area (Å²) in [7, 11) is 1.99. The zero-order valence-corrected chi connectivity index (χ0v) is 10.7. The van der Waals surface area contributed by atoms with Crippen molar-refractivity contribution >= 4 is 38.3 Å². The van der Waals surface area contributed by atoms with Crippen molar-refractivity contribution in [2.45, 2.75) is 0 Å². The minimum Gasteiger partial charge on any atom is -0.375 e. The van der Waals surface area contributed by atoms with Crippen molar-refractivity contribution in [3.05, 3.63) is 42.5 Å². The van der Waals surface area contributed by atoms with Gasteiger partial charge in [-0.1, -0.05) is 29.5 Å². The Balaban J connectivity index is 2.03. The fourth-order valence-corrected chi connectivity index (χ4v) is 2.49. The van der Waals surface area contributed by atoms with Crippen LogP contribution in [0.2, 0.25) is 0 Å². The first-order chi connectivity index (χ1) is 8.74. The molecule has 18 heavy (non-hydrogen) atoms. The molecule has 0 bridgehead atoms. The first-order valence-corrected chi connectivity index (χ1v) is 6.37. The van der Waals surface area contributed by atoms with E-state index in [-0.39, 0.29) is 0 Å². The number of fused-ring (bicyclic) bond motifs is 1. The van der Waals surface area contributed by atoms with E-state index in [1.165, 1.54) is 11.3 Å². The average molecular weight is 256 g/mol. The van der Waals surface area contributed by atoms with Crippen molar-refractivity contribution in [3.8, 4) is 0 Å². The van der Waals surface area contributed by atoms with Crippen LogP contribution in [0.15, 0.2) is 42.5 Å². The molecular weight excluding hydrogens is 244 g/mol. The fraction of sp³-hybridized carbons (Fsp3) is 0.0769. The summed E-state index contributed by atoms with van der Waals surface area (Å²) >= 11 is 1.41. The summed E-state index contributed by atoms with van der Waals surface area (Å²) < 4.78 is 0. The Hall–Kier alpha value is -2.14. The molecule has 2 heterocycles. The topological polar surface area (TPSA) is 55.0 Å². The highest BCUT2D eigenvalue weighted by atomic mass is 32.1. The SMILES string of the molecule is CN(c1ccccc1)c1ccc2nc(N)sc2n1. The molecule has 0 radical (unpaired) electrons. The summed E-state index contributed by atoms with van der Waals surface area (Å²) in [4.78, 5) is 11.7. The third-order valence-corrected chi connectivity index (χ3v) is 3.54. The van der Waals surface area contributed by atoms with E-state index >= 15 is 0 Å². The number of thiazole rings is 1. The fourth-order valence-electron chi connectivity index (χ4n) is 1.79. The molecule has 0 saturated heterocycles. The number of rotatable bonds is 2. The van der Waals surface area contributed by atoms with Crippen LogP contribution in [0.25, 0.3) is 10.3 Å². The van der Waals surface area contributed by atoms with Crippen LogP contribution in [0, 0.1) is 0 Å². The monoisotopic (exact) mass is 256 g/mol. The quantitative estimate of drug-likeness (QED) is 0.765. The molecule has 0 aliphatic rings. The standard InChI is InChI=1S/C13H12N4S/c1-17(9-5-3-2-4-6-9)11-8-7-10-12(16-11)18-13(14)15-10/h2-8H,1H3,(H2,14,15). The summed E-state index contributed by atoms with van der Waals surface area (Å²) in [6.07, 6.45) is 0. The number of nitrogen functional groups attached to an aromatic ring is 1. The Morgan fingerprint density at radius 1 is 1.06 bits per heavy atom. The van der Waals surface area contributed by atoms with Gasteiger partial charge in [-0.2, -0.15) is 0 Å². The van der Waals surface area contributed by atoms with Gasteiger partial charge in [0.15, 0.2) is 5.13 Å². The average Bonchev–Trinajstić information content (AvgIpc) is 2.78. The molecule has 5 heteroatoms. The Bertz CT molecular complexity index is 678. The number of pyridine rings is 1. The van der Waals surface area contributed by atoms with Crippen molar-refractivity contribution in [3.63, 3.8) is 0 Å². The first-order valence-electron chi connectivity index (χ1n) is 5.56. The molecule has 2 aromatic heterocycles. The maximum atomic E-state index is 5.68. The van der Waals surface area contributed by atoms with Crippen molar-refractivity contribution in [2.24, 2.45) is 0 Å². The summed E-state index contributed by atoms with van der Waals surface area (Å²) in [6, 6.07) is 14.0. The van der Waals surface area contributed by atoms with Crippen LogP contribution in [0.5, 0.6) is 0 Å². The lowest BCUT2D eigenvalue weighted by Crippen LogP contribution is -2.10. The van der Waals surface area contributed by atoms with Gasteiger partial charge in [0, 0.05) is 12.7 Å². The van der Waals surface area contributed by atoms with Gasteiger partial charge in [0.2, 0.25) is 0 Å². The molecule has 0 amide bonds. The molecule has 3 aromatic rings. The van der Waals surface area contributed by atoms with E-state index in [1.54, 1.807) is 0 Å². The van der Waals surface area contributed by atoms with Crippen molar-refractivity contribution in [1.82, 2.24) is 9.97 Å². The van der Waals surface area contributed by atoms with Gasteiger partial charge in [-0.3, -0.25) is 0 Å². The predicted octanol–water partition coefficient (Wildman–Crippen LogP) is 3.04. The molecule has 0 fully saturated rings. The predicted molar refractivity (Wildman–Crippen MR) is 76.3 cm³/mol. The molecule has 90 valence electrons. The third-order valence-electron chi connectivity index (χ3n) is 2.74. The molecule has 0 atom stereocenters. The number of nitrogens with two attached hydrogens (primary N) is 1. The van der Waals surface area contributed by atoms with Crippen LogP contribution in [0.3, 0.4) is 0 Å². The number of para-hydroxylation sites is 1. The van der Waals surface area contributed by atoms with Gasteiger partial charge in [-0.05, 0) is 24.3 Å². The van der Waals surface area contributed by atoms with E-state index < -0.39 is 0 Å². The highest BCUT2D eigenvalue weighted by Crippen LogP contribution is 2.27. The van der Waals surface area contributed by atoms with Crippen molar-refractivity contribution < 1.29 is 0 Å². The molecule has 3 rings (SSSR count). The summed E-state index contributed by atoms with van der Waals surface area (Å²) in [6.45, 7) is 0. The summed E-state index contributed by atoms with van der Waals surface area (Å²) in [5.74, 6) is 0.886. The second kappa shape index (κ2) is 4.27. The molecule has 0 aliphatic carbocycles. The maximum Gasteiger partial charge on any atom is 0.182 e. The lowest BCUT2D eigenvalue weighted by Gasteiger charge is -2.17. The van der Waals surface area contributed by atoms with Gasteiger partial charge < -0.3 is 10.6 Å². The summed E-state index contributed by atoms with van der Waals surface area (Å²) in [5, 5.41) is 0.553. The van der Waals surface area contributed by atoms with E-state index in [4.69, 9.17) is 5.73 Å². The Morgan fingerprint density at radius 3 is 2.61 bits per heavy atom. The number of nitrogens with zero attached hydrogens (tertiary/aromatic N) is 3. The smallest absolute Gasteiger partial charge is 0.182 e. The maximum absolute atomic E-state index is 5.68. The number of hydrogen-bond acceptors (Lipinski definition) is 5. The zero-order valence-electron chi connectivity index (χ0n) is 9.87. The Morgan fingerprint density at radius 2 is 1.83 bits per heavy atom. The molecule has 2 N–H and O–H groups in total. The van der Waals surface area contributed by atoms with Gasteiger partial charge in [-0.25, -0.2) is 9.97 Å². The van der Waals surface area contributed by atoms with Crippen LogP contribution < -0.4 is 10.6 Å².